The summed E-state index contributed by atoms with van der Waals surface area (Å²) in [6, 6.07) is 9.89. The minimum absolute atomic E-state index is 0.0569. The smallest absolute Gasteiger partial charge is 0.134 e. The summed E-state index contributed by atoms with van der Waals surface area (Å²) < 4.78 is 0. The zero-order valence-corrected chi connectivity index (χ0v) is 10.8. The molecule has 0 radical (unpaired) electrons. The molecule has 4 heteroatoms. The molecule has 0 aliphatic carbocycles. The van der Waals surface area contributed by atoms with Crippen LogP contribution in [-0.4, -0.2) is 10.2 Å². The number of hydrogen-bond acceptors (Lipinski definition) is 2. The van der Waals surface area contributed by atoms with Crippen molar-refractivity contribution in [3.05, 3.63) is 57.6 Å². The number of aromatic hydroxyl groups is 2. The largest absolute Gasteiger partial charge is 0.506 e. The maximum absolute atomic E-state index is 9.29. The van der Waals surface area contributed by atoms with Crippen molar-refractivity contribution in [1.29, 1.82) is 0 Å². The highest BCUT2D eigenvalue weighted by atomic mass is 35.5. The zero-order chi connectivity index (χ0) is 13.1. The van der Waals surface area contributed by atoms with Gasteiger partial charge < -0.3 is 10.2 Å². The summed E-state index contributed by atoms with van der Waals surface area (Å²) in [5.41, 5.74) is 1.73. The molecule has 0 bridgehead atoms. The van der Waals surface area contributed by atoms with E-state index in [9.17, 15) is 10.2 Å². The fourth-order valence-corrected chi connectivity index (χ4v) is 1.82. The van der Waals surface area contributed by atoms with E-state index in [2.05, 4.69) is 0 Å². The lowest BCUT2D eigenvalue weighted by atomic mass is 10.1. The first-order valence-corrected chi connectivity index (χ1v) is 5.97. The molecule has 2 aromatic carbocycles. The maximum atomic E-state index is 9.29. The van der Waals surface area contributed by atoms with E-state index < -0.39 is 0 Å². The molecule has 92 valence electrons. The molecule has 0 aliphatic rings. The predicted molar refractivity (Wildman–Crippen MR) is 75.2 cm³/mol. The number of hydrogen-bond donors (Lipinski definition) is 2. The van der Waals surface area contributed by atoms with E-state index in [0.29, 0.717) is 10.0 Å². The highest BCUT2D eigenvalue weighted by Gasteiger charge is 1.99. The normalized spacial score (nSPS) is 11.0. The van der Waals surface area contributed by atoms with Gasteiger partial charge in [0, 0.05) is 0 Å². The van der Waals surface area contributed by atoms with Crippen LogP contribution in [0.1, 0.15) is 11.1 Å². The molecule has 0 saturated heterocycles. The van der Waals surface area contributed by atoms with Crippen LogP contribution in [0.5, 0.6) is 11.5 Å². The van der Waals surface area contributed by atoms with Gasteiger partial charge in [-0.2, -0.15) is 0 Å². The van der Waals surface area contributed by atoms with Crippen LogP contribution >= 0.6 is 23.2 Å². The quantitative estimate of drug-likeness (QED) is 0.791. The lowest BCUT2D eigenvalue weighted by Crippen LogP contribution is -1.75. The molecule has 0 aromatic heterocycles. The molecular formula is C14H10Cl2O2. The SMILES string of the molecule is Oc1ccc(C=Cc2ccc(O)c(Cl)c2)cc1Cl. The van der Waals surface area contributed by atoms with Gasteiger partial charge in [-0.3, -0.25) is 0 Å². The van der Waals surface area contributed by atoms with Gasteiger partial charge in [0.15, 0.2) is 0 Å². The standard InChI is InChI=1S/C14H10Cl2O2/c15-11-7-9(3-5-13(11)17)1-2-10-4-6-14(18)12(16)8-10/h1-8,17-18H. The molecule has 0 saturated carbocycles. The maximum Gasteiger partial charge on any atom is 0.134 e. The summed E-state index contributed by atoms with van der Waals surface area (Å²) in [5.74, 6) is 0.114. The molecule has 0 heterocycles. The second-order valence-electron chi connectivity index (χ2n) is 3.76. The van der Waals surface area contributed by atoms with Crippen molar-refractivity contribution in [3.63, 3.8) is 0 Å². The molecule has 2 N–H and O–H groups in total. The third kappa shape index (κ3) is 2.97. The highest BCUT2D eigenvalue weighted by Crippen LogP contribution is 2.26. The minimum Gasteiger partial charge on any atom is -0.506 e. The van der Waals surface area contributed by atoms with Crippen molar-refractivity contribution >= 4 is 35.4 Å². The minimum atomic E-state index is 0.0569. The molecule has 0 spiro atoms. The Balaban J connectivity index is 2.24. The van der Waals surface area contributed by atoms with E-state index in [1.165, 1.54) is 12.1 Å². The number of rotatable bonds is 2. The van der Waals surface area contributed by atoms with Gasteiger partial charge >= 0.3 is 0 Å². The first-order valence-electron chi connectivity index (χ1n) is 5.21. The number of phenols is 2. The molecule has 0 unspecified atom stereocenters. The summed E-state index contributed by atoms with van der Waals surface area (Å²) >= 11 is 11.6. The Morgan fingerprint density at radius 2 is 1.11 bits per heavy atom. The first kappa shape index (κ1) is 12.8. The fraction of sp³-hybridized carbons (Fsp3) is 0. The van der Waals surface area contributed by atoms with Gasteiger partial charge in [-0.05, 0) is 35.4 Å². The Kier molecular flexibility index (Phi) is 3.80. The van der Waals surface area contributed by atoms with Gasteiger partial charge in [-0.15, -0.1) is 0 Å². The monoisotopic (exact) mass is 280 g/mol. The molecule has 0 atom stereocenters. The summed E-state index contributed by atoms with van der Waals surface area (Å²) in [6.45, 7) is 0. The van der Waals surface area contributed by atoms with Gasteiger partial charge in [0.05, 0.1) is 10.0 Å². The van der Waals surface area contributed by atoms with Gasteiger partial charge in [0.2, 0.25) is 0 Å². The van der Waals surface area contributed by atoms with Crippen molar-refractivity contribution < 1.29 is 10.2 Å². The second-order valence-corrected chi connectivity index (χ2v) is 4.57. The summed E-state index contributed by atoms with van der Waals surface area (Å²) in [7, 11) is 0. The Hall–Kier alpha value is -1.64. The fourth-order valence-electron chi connectivity index (χ4n) is 1.45. The van der Waals surface area contributed by atoms with Crippen molar-refractivity contribution in [1.82, 2.24) is 0 Å². The van der Waals surface area contributed by atoms with Gasteiger partial charge in [-0.1, -0.05) is 47.5 Å². The Morgan fingerprint density at radius 1 is 0.722 bits per heavy atom. The van der Waals surface area contributed by atoms with E-state index in [1.54, 1.807) is 24.3 Å². The third-order valence-corrected chi connectivity index (χ3v) is 3.02. The van der Waals surface area contributed by atoms with Crippen LogP contribution in [0.2, 0.25) is 10.0 Å². The van der Waals surface area contributed by atoms with Crippen molar-refractivity contribution in [2.75, 3.05) is 0 Å². The van der Waals surface area contributed by atoms with Crippen LogP contribution in [0.4, 0.5) is 0 Å². The van der Waals surface area contributed by atoms with E-state index in [1.807, 2.05) is 12.2 Å². The average molecular weight is 281 g/mol. The molecule has 2 rings (SSSR count). The Bertz CT molecular complexity index is 553. The lowest BCUT2D eigenvalue weighted by molar-refractivity contribution is 0.475. The average Bonchev–Trinajstić information content (AvgIpc) is 2.35. The summed E-state index contributed by atoms with van der Waals surface area (Å²) in [4.78, 5) is 0. The number of benzene rings is 2. The predicted octanol–water partition coefficient (Wildman–Crippen LogP) is 4.58. The Labute approximate surface area is 115 Å². The van der Waals surface area contributed by atoms with E-state index in [4.69, 9.17) is 23.2 Å². The van der Waals surface area contributed by atoms with Crippen molar-refractivity contribution in [3.8, 4) is 11.5 Å². The molecule has 0 aliphatic heterocycles. The van der Waals surface area contributed by atoms with E-state index in [-0.39, 0.29) is 11.5 Å². The van der Waals surface area contributed by atoms with Gasteiger partial charge in [0.1, 0.15) is 11.5 Å². The van der Waals surface area contributed by atoms with Gasteiger partial charge in [-0.25, -0.2) is 0 Å². The molecular weight excluding hydrogens is 271 g/mol. The number of phenolic OH excluding ortho intramolecular Hbond substituents is 2. The van der Waals surface area contributed by atoms with E-state index in [0.717, 1.165) is 11.1 Å². The van der Waals surface area contributed by atoms with Crippen LogP contribution in [0.25, 0.3) is 12.2 Å². The van der Waals surface area contributed by atoms with E-state index >= 15 is 0 Å². The van der Waals surface area contributed by atoms with Crippen LogP contribution in [0.3, 0.4) is 0 Å². The van der Waals surface area contributed by atoms with Crippen LogP contribution in [-0.2, 0) is 0 Å². The first-order chi connectivity index (χ1) is 8.56. The van der Waals surface area contributed by atoms with Crippen LogP contribution in [0, 0.1) is 0 Å². The third-order valence-electron chi connectivity index (χ3n) is 2.41. The molecule has 18 heavy (non-hydrogen) atoms. The molecule has 2 nitrogen and oxygen atoms in total. The topological polar surface area (TPSA) is 40.5 Å². The highest BCUT2D eigenvalue weighted by molar-refractivity contribution is 6.32. The van der Waals surface area contributed by atoms with Crippen LogP contribution < -0.4 is 0 Å². The second kappa shape index (κ2) is 5.34. The molecule has 2 aromatic rings. The molecule has 0 amide bonds. The summed E-state index contributed by atoms with van der Waals surface area (Å²) in [5, 5.41) is 19.2. The molecule has 0 fully saturated rings. The zero-order valence-electron chi connectivity index (χ0n) is 9.27. The lowest BCUT2D eigenvalue weighted by Gasteiger charge is -2.00. The Morgan fingerprint density at radius 3 is 1.44 bits per heavy atom. The van der Waals surface area contributed by atoms with Crippen molar-refractivity contribution in [2.24, 2.45) is 0 Å². The van der Waals surface area contributed by atoms with Crippen molar-refractivity contribution in [2.45, 2.75) is 0 Å². The van der Waals surface area contributed by atoms with Crippen LogP contribution in [0.15, 0.2) is 36.4 Å². The number of halogens is 2. The summed E-state index contributed by atoms with van der Waals surface area (Å²) in [6.07, 6.45) is 3.68. The van der Waals surface area contributed by atoms with Gasteiger partial charge in [0.25, 0.3) is 0 Å².